The number of aliphatic hydroxyl groups excluding tert-OH is 1. The average molecular weight is 861 g/mol. The van der Waals surface area contributed by atoms with Gasteiger partial charge in [-0.05, 0) is 111 Å². The van der Waals surface area contributed by atoms with E-state index in [1.807, 2.05) is 70.7 Å². The zero-order valence-electron chi connectivity index (χ0n) is 36.9. The minimum Gasteiger partial charge on any atom is -0.461 e. The summed E-state index contributed by atoms with van der Waals surface area (Å²) < 4.78 is 5.53. The van der Waals surface area contributed by atoms with Gasteiger partial charge in [0, 0.05) is 81.1 Å². The molecule has 2 aliphatic carbocycles. The van der Waals surface area contributed by atoms with Crippen LogP contribution >= 0.6 is 0 Å². The molecule has 0 unspecified atom stereocenters. The summed E-state index contributed by atoms with van der Waals surface area (Å²) in [7, 11) is 8.10. The molecule has 0 aromatic heterocycles. The first-order chi connectivity index (χ1) is 30.1. The molecule has 1 N–H and O–H groups in total. The van der Waals surface area contributed by atoms with Gasteiger partial charge in [0.15, 0.2) is 11.6 Å². The fourth-order valence-corrected chi connectivity index (χ4v) is 8.86. The third kappa shape index (κ3) is 11.2. The van der Waals surface area contributed by atoms with E-state index < -0.39 is 0 Å². The molecule has 0 heterocycles. The van der Waals surface area contributed by atoms with Crippen molar-refractivity contribution >= 4 is 50.5 Å². The average Bonchev–Trinajstić information content (AvgIpc) is 3.85. The fourth-order valence-electron chi connectivity index (χ4n) is 8.86. The Kier molecular flexibility index (Phi) is 17.2. The van der Waals surface area contributed by atoms with Crippen LogP contribution in [0.2, 0.25) is 0 Å². The van der Waals surface area contributed by atoms with E-state index in [0.29, 0.717) is 19.3 Å². The predicted molar refractivity (Wildman–Crippen MR) is 269 cm³/mol. The standard InChI is InChI=1S/C33H39NO3.C22H21NO2.2CH4/c1-4-5-6-7-8-9-10-11-12-31(36)37-23-24-13-15-25(16-14-24)32-29-22-28(34(2)3)19-17-26(29)21-27-18-20-30(35)33(27)32;1-23(2)18-9-7-16-11-17-8-10-20(25)22(17)21(19(16)12-18)15-5-3-14(13-24)4-6-15;;/h4,13-17,19,21-22H,1,5-12,18,20,23H2,2-3H3;3-7,9,11-12,24H,8,10,13H2,1-2H3;2*1H4. The van der Waals surface area contributed by atoms with Crippen molar-refractivity contribution in [2.45, 2.75) is 105 Å². The van der Waals surface area contributed by atoms with Gasteiger partial charge in [-0.1, -0.05) is 119 Å². The number of nitrogens with zero attached hydrogens (tertiary/aromatic N) is 2. The number of unbranched alkanes of at least 4 members (excludes halogenated alkanes) is 6. The lowest BCUT2D eigenvalue weighted by Gasteiger charge is -2.17. The number of anilines is 2. The van der Waals surface area contributed by atoms with Crippen molar-refractivity contribution in [3.05, 3.63) is 143 Å². The van der Waals surface area contributed by atoms with Gasteiger partial charge in [0.05, 0.1) is 6.61 Å². The number of Topliss-reactive ketones (excluding diaryl/α,β-unsaturated/α-hetero) is 2. The van der Waals surface area contributed by atoms with Gasteiger partial charge in [0.2, 0.25) is 0 Å². The number of benzene rings is 6. The second-order valence-corrected chi connectivity index (χ2v) is 17.2. The maximum Gasteiger partial charge on any atom is 0.306 e. The summed E-state index contributed by atoms with van der Waals surface area (Å²) in [4.78, 5) is 41.8. The van der Waals surface area contributed by atoms with Crippen LogP contribution in [0.15, 0.2) is 110 Å². The van der Waals surface area contributed by atoms with Crippen LogP contribution in [0.4, 0.5) is 11.4 Å². The molecule has 336 valence electrons. The van der Waals surface area contributed by atoms with Gasteiger partial charge in [0.25, 0.3) is 0 Å². The number of aliphatic hydroxyl groups is 1. The van der Waals surface area contributed by atoms with E-state index in [1.165, 1.54) is 31.1 Å². The summed E-state index contributed by atoms with van der Waals surface area (Å²) >= 11 is 0. The molecule has 0 radical (unpaired) electrons. The third-order valence-corrected chi connectivity index (χ3v) is 12.4. The second-order valence-electron chi connectivity index (χ2n) is 17.2. The van der Waals surface area contributed by atoms with Crippen LogP contribution in [0.5, 0.6) is 0 Å². The molecule has 8 rings (SSSR count). The van der Waals surface area contributed by atoms with Gasteiger partial charge in [-0.25, -0.2) is 0 Å². The van der Waals surface area contributed by atoms with E-state index in [-0.39, 0.29) is 45.6 Å². The number of fused-ring (bicyclic) bond motifs is 4. The van der Waals surface area contributed by atoms with Gasteiger partial charge >= 0.3 is 5.97 Å². The van der Waals surface area contributed by atoms with Crippen molar-refractivity contribution in [3.63, 3.8) is 0 Å². The number of esters is 1. The van der Waals surface area contributed by atoms with Gasteiger partial charge < -0.3 is 19.6 Å². The molecule has 6 aromatic rings. The summed E-state index contributed by atoms with van der Waals surface area (Å²) in [6.45, 7) is 4.05. The predicted octanol–water partition coefficient (Wildman–Crippen LogP) is 13.5. The topological polar surface area (TPSA) is 87.2 Å². The molecule has 0 saturated heterocycles. The Morgan fingerprint density at radius 3 is 1.50 bits per heavy atom. The number of ketones is 2. The maximum atomic E-state index is 12.9. The van der Waals surface area contributed by atoms with Gasteiger partial charge in [0.1, 0.15) is 6.61 Å². The molecule has 0 bridgehead atoms. The van der Waals surface area contributed by atoms with Gasteiger partial charge in [-0.2, -0.15) is 0 Å². The van der Waals surface area contributed by atoms with Crippen LogP contribution in [0.3, 0.4) is 0 Å². The molecule has 0 atom stereocenters. The van der Waals surface area contributed by atoms with Crippen molar-refractivity contribution < 1.29 is 24.2 Å². The smallest absolute Gasteiger partial charge is 0.306 e. The zero-order valence-corrected chi connectivity index (χ0v) is 36.9. The first-order valence-corrected chi connectivity index (χ1v) is 22.2. The van der Waals surface area contributed by atoms with Gasteiger partial charge in [-0.3, -0.25) is 14.4 Å². The van der Waals surface area contributed by atoms with E-state index in [4.69, 9.17) is 4.74 Å². The van der Waals surface area contributed by atoms with E-state index in [0.717, 1.165) is 115 Å². The number of rotatable bonds is 16. The molecule has 0 aliphatic heterocycles. The van der Waals surface area contributed by atoms with E-state index in [9.17, 15) is 19.5 Å². The Hall–Kier alpha value is -6.05. The lowest BCUT2D eigenvalue weighted by molar-refractivity contribution is -0.145. The number of hydrogen-bond donors (Lipinski definition) is 1. The van der Waals surface area contributed by atoms with E-state index in [1.54, 1.807) is 0 Å². The minimum absolute atomic E-state index is 0. The third-order valence-electron chi connectivity index (χ3n) is 12.4. The Bertz CT molecular complexity index is 2590. The number of ether oxygens (including phenoxy) is 1. The van der Waals surface area contributed by atoms with Crippen LogP contribution in [-0.2, 0) is 35.6 Å². The Morgan fingerprint density at radius 1 is 0.594 bits per heavy atom. The molecule has 0 fully saturated rings. The van der Waals surface area contributed by atoms with Crippen LogP contribution in [0.1, 0.15) is 122 Å². The van der Waals surface area contributed by atoms with Crippen molar-refractivity contribution in [1.29, 1.82) is 0 Å². The van der Waals surface area contributed by atoms with Crippen molar-refractivity contribution in [2.24, 2.45) is 0 Å². The number of carbonyl (C=O) groups is 3. The first kappa shape index (κ1) is 49.0. The van der Waals surface area contributed by atoms with Crippen LogP contribution in [-0.4, -0.2) is 50.8 Å². The molecule has 7 nitrogen and oxygen atoms in total. The molecule has 0 saturated carbocycles. The van der Waals surface area contributed by atoms with Crippen LogP contribution in [0.25, 0.3) is 43.8 Å². The van der Waals surface area contributed by atoms with Crippen LogP contribution < -0.4 is 9.80 Å². The molecule has 7 heteroatoms. The SMILES string of the molecule is C.C.C=CCCCCCCCCC(=O)OCc1ccc(-c2c3c(cc4ccc(N(C)C)cc24)CCC3=O)cc1.CN(C)c1ccc2cc3c(c(-c4ccc(CO)cc4)c2c1)C(=O)CC3. The lowest BCUT2D eigenvalue weighted by atomic mass is 9.90. The number of carbonyl (C=O) groups excluding carboxylic acids is 3. The summed E-state index contributed by atoms with van der Waals surface area (Å²) in [5.41, 5.74) is 12.2. The minimum atomic E-state index is -0.135. The lowest BCUT2D eigenvalue weighted by Crippen LogP contribution is -2.08. The fraction of sp³-hybridized carbons (Fsp3) is 0.351. The Labute approximate surface area is 381 Å². The molecule has 2 aliphatic rings. The van der Waals surface area contributed by atoms with Gasteiger partial charge in [-0.15, -0.1) is 6.58 Å². The van der Waals surface area contributed by atoms with E-state index in [2.05, 4.69) is 77.0 Å². The monoisotopic (exact) mass is 861 g/mol. The molecule has 64 heavy (non-hydrogen) atoms. The molecule has 6 aromatic carbocycles. The maximum absolute atomic E-state index is 12.9. The second kappa shape index (κ2) is 22.5. The number of hydrogen-bond acceptors (Lipinski definition) is 7. The summed E-state index contributed by atoms with van der Waals surface area (Å²) in [5, 5.41) is 13.8. The molecular weight excluding hydrogens is 793 g/mol. The largest absolute Gasteiger partial charge is 0.461 e. The normalized spacial score (nSPS) is 12.5. The highest BCUT2D eigenvalue weighted by Gasteiger charge is 2.27. The highest BCUT2D eigenvalue weighted by Crippen LogP contribution is 2.42. The highest BCUT2D eigenvalue weighted by atomic mass is 16.5. The number of aryl methyl sites for hydroxylation is 2. The van der Waals surface area contributed by atoms with Crippen LogP contribution in [0, 0.1) is 0 Å². The Balaban J connectivity index is 0.000000249. The summed E-state index contributed by atoms with van der Waals surface area (Å²) in [6.07, 6.45) is 13.1. The Morgan fingerprint density at radius 2 is 1.05 bits per heavy atom. The molecule has 0 spiro atoms. The first-order valence-electron chi connectivity index (χ1n) is 22.2. The highest BCUT2D eigenvalue weighted by molar-refractivity contribution is 6.15. The van der Waals surface area contributed by atoms with Crippen molar-refractivity contribution in [3.8, 4) is 22.3 Å². The molecular formula is C57H68N2O5. The zero-order chi connectivity index (χ0) is 43.8. The molecule has 0 amide bonds. The van der Waals surface area contributed by atoms with Crippen molar-refractivity contribution in [1.82, 2.24) is 0 Å². The van der Waals surface area contributed by atoms with Crippen molar-refractivity contribution in [2.75, 3.05) is 38.0 Å². The quantitative estimate of drug-likeness (QED) is 0.0589. The summed E-state index contributed by atoms with van der Waals surface area (Å²) in [6, 6.07) is 33.2. The number of allylic oxidation sites excluding steroid dienone is 1. The summed E-state index contributed by atoms with van der Waals surface area (Å²) in [5.74, 6) is 0.315. The van der Waals surface area contributed by atoms with E-state index >= 15 is 0 Å².